The molecule has 0 aromatic heterocycles. The van der Waals surface area contributed by atoms with Gasteiger partial charge in [0.2, 0.25) is 0 Å². The second-order valence-corrected chi connectivity index (χ2v) is 6.77. The number of unbranched alkanes of at least 4 members (excludes halogenated alkanes) is 4. The van der Waals surface area contributed by atoms with E-state index in [0.717, 1.165) is 22.4 Å². The van der Waals surface area contributed by atoms with Crippen LogP contribution < -0.4 is 9.47 Å². The molecule has 0 amide bonds. The van der Waals surface area contributed by atoms with E-state index in [-0.39, 0.29) is 0 Å². The van der Waals surface area contributed by atoms with Crippen LogP contribution in [0.5, 0.6) is 11.5 Å². The van der Waals surface area contributed by atoms with Gasteiger partial charge in [-0.15, -0.1) is 0 Å². The van der Waals surface area contributed by atoms with E-state index in [1.165, 1.54) is 37.7 Å². The summed E-state index contributed by atoms with van der Waals surface area (Å²) in [7, 11) is 3.36. The van der Waals surface area contributed by atoms with Crippen molar-refractivity contribution in [1.29, 1.82) is 0 Å². The molecule has 1 unspecified atom stereocenters. The Morgan fingerprint density at radius 1 is 1.05 bits per heavy atom. The molecule has 0 spiro atoms. The smallest absolute Gasteiger partial charge is 0.141 e. The lowest BCUT2D eigenvalue weighted by Gasteiger charge is -2.17. The topological polar surface area (TPSA) is 18.5 Å². The first-order valence-electron chi connectivity index (χ1n) is 7.20. The highest BCUT2D eigenvalue weighted by molar-refractivity contribution is 9.10. The predicted octanol–water partition coefficient (Wildman–Crippen LogP) is 6.26. The van der Waals surface area contributed by atoms with E-state index in [0.29, 0.717) is 4.83 Å². The lowest BCUT2D eigenvalue weighted by Crippen LogP contribution is -1.98. The van der Waals surface area contributed by atoms with Crippen LogP contribution in [0.4, 0.5) is 0 Å². The number of ether oxygens (including phenoxy) is 2. The summed E-state index contributed by atoms with van der Waals surface area (Å²) in [6.45, 7) is 2.24. The average molecular weight is 408 g/mol. The maximum atomic E-state index is 5.53. The molecule has 2 nitrogen and oxygen atoms in total. The fraction of sp³-hybridized carbons (Fsp3) is 0.625. The molecule has 0 N–H and O–H groups in total. The van der Waals surface area contributed by atoms with Gasteiger partial charge < -0.3 is 9.47 Å². The van der Waals surface area contributed by atoms with Crippen molar-refractivity contribution in [3.8, 4) is 11.5 Å². The zero-order chi connectivity index (χ0) is 15.0. The zero-order valence-corrected chi connectivity index (χ0v) is 15.7. The highest BCUT2D eigenvalue weighted by atomic mass is 79.9. The lowest BCUT2D eigenvalue weighted by molar-refractivity contribution is 0.385. The number of halogens is 2. The standard InChI is InChI=1S/C16H24Br2O2/c1-4-5-6-7-8-9-13(17)12-10-11-14(19-2)15(18)16(12)20-3/h10-11,13H,4-9H2,1-3H3. The number of hydrogen-bond donors (Lipinski definition) is 0. The van der Waals surface area contributed by atoms with Crippen molar-refractivity contribution >= 4 is 31.9 Å². The van der Waals surface area contributed by atoms with Crippen LogP contribution in [0.2, 0.25) is 0 Å². The van der Waals surface area contributed by atoms with Gasteiger partial charge in [0, 0.05) is 10.4 Å². The molecule has 114 valence electrons. The highest BCUT2D eigenvalue weighted by Crippen LogP contribution is 2.43. The van der Waals surface area contributed by atoms with Gasteiger partial charge in [0.15, 0.2) is 0 Å². The quantitative estimate of drug-likeness (QED) is 0.355. The highest BCUT2D eigenvalue weighted by Gasteiger charge is 2.18. The maximum Gasteiger partial charge on any atom is 0.141 e. The Labute approximate surface area is 139 Å². The molecule has 20 heavy (non-hydrogen) atoms. The number of rotatable bonds is 9. The minimum atomic E-state index is 0.321. The number of alkyl halides is 1. The Balaban J connectivity index is 2.67. The van der Waals surface area contributed by atoms with Crippen LogP contribution >= 0.6 is 31.9 Å². The molecule has 0 aliphatic carbocycles. The van der Waals surface area contributed by atoms with Gasteiger partial charge in [-0.2, -0.15) is 0 Å². The zero-order valence-electron chi connectivity index (χ0n) is 12.5. The third-order valence-corrected chi connectivity index (χ3v) is 5.12. The first-order valence-corrected chi connectivity index (χ1v) is 8.91. The summed E-state index contributed by atoms with van der Waals surface area (Å²) in [5.41, 5.74) is 1.18. The van der Waals surface area contributed by atoms with Crippen LogP contribution in [-0.2, 0) is 0 Å². The second kappa shape index (κ2) is 9.67. The van der Waals surface area contributed by atoms with Gasteiger partial charge in [0.1, 0.15) is 16.0 Å². The van der Waals surface area contributed by atoms with Crippen molar-refractivity contribution in [2.24, 2.45) is 0 Å². The Kier molecular flexibility index (Phi) is 8.62. The Hall–Kier alpha value is -0.220. The van der Waals surface area contributed by atoms with Gasteiger partial charge in [0.05, 0.1) is 14.2 Å². The molecule has 1 aromatic rings. The molecule has 0 aliphatic heterocycles. The Morgan fingerprint density at radius 2 is 1.75 bits per heavy atom. The van der Waals surface area contributed by atoms with Gasteiger partial charge in [-0.3, -0.25) is 0 Å². The number of hydrogen-bond acceptors (Lipinski definition) is 2. The van der Waals surface area contributed by atoms with Gasteiger partial charge in [0.25, 0.3) is 0 Å². The minimum absolute atomic E-state index is 0.321. The van der Waals surface area contributed by atoms with Crippen LogP contribution in [0, 0.1) is 0 Å². The summed E-state index contributed by atoms with van der Waals surface area (Å²) in [5.74, 6) is 1.66. The average Bonchev–Trinajstić information content (AvgIpc) is 2.46. The van der Waals surface area contributed by atoms with Crippen molar-refractivity contribution in [3.05, 3.63) is 22.2 Å². The second-order valence-electron chi connectivity index (χ2n) is 4.87. The number of methoxy groups -OCH3 is 2. The van der Waals surface area contributed by atoms with Gasteiger partial charge in [-0.1, -0.05) is 61.0 Å². The molecule has 0 saturated carbocycles. The van der Waals surface area contributed by atoms with Crippen molar-refractivity contribution < 1.29 is 9.47 Å². The van der Waals surface area contributed by atoms with E-state index in [9.17, 15) is 0 Å². The molecule has 1 atom stereocenters. The molecular formula is C16H24Br2O2. The lowest BCUT2D eigenvalue weighted by atomic mass is 10.0. The van der Waals surface area contributed by atoms with Crippen molar-refractivity contribution in [3.63, 3.8) is 0 Å². The fourth-order valence-electron chi connectivity index (χ4n) is 2.25. The molecule has 0 bridgehead atoms. The van der Waals surface area contributed by atoms with E-state index >= 15 is 0 Å². The molecule has 0 radical (unpaired) electrons. The molecule has 0 aliphatic rings. The van der Waals surface area contributed by atoms with Crippen molar-refractivity contribution in [2.75, 3.05) is 14.2 Å². The monoisotopic (exact) mass is 406 g/mol. The first-order chi connectivity index (χ1) is 9.65. The van der Waals surface area contributed by atoms with E-state index in [2.05, 4.69) is 44.8 Å². The Morgan fingerprint density at radius 3 is 2.35 bits per heavy atom. The normalized spacial score (nSPS) is 12.2. The van der Waals surface area contributed by atoms with Crippen molar-refractivity contribution in [2.45, 2.75) is 50.3 Å². The third kappa shape index (κ3) is 4.96. The number of benzene rings is 1. The molecule has 0 saturated heterocycles. The van der Waals surface area contributed by atoms with Gasteiger partial charge in [-0.25, -0.2) is 0 Å². The molecule has 0 heterocycles. The summed E-state index contributed by atoms with van der Waals surface area (Å²) in [6, 6.07) is 4.06. The fourth-order valence-corrected chi connectivity index (χ4v) is 3.62. The van der Waals surface area contributed by atoms with Crippen LogP contribution in [-0.4, -0.2) is 14.2 Å². The predicted molar refractivity (Wildman–Crippen MR) is 92.3 cm³/mol. The first kappa shape index (κ1) is 17.8. The molecule has 1 aromatic carbocycles. The molecule has 4 heteroatoms. The van der Waals surface area contributed by atoms with Crippen molar-refractivity contribution in [1.82, 2.24) is 0 Å². The van der Waals surface area contributed by atoms with Gasteiger partial charge in [-0.05, 0) is 28.4 Å². The van der Waals surface area contributed by atoms with Crippen LogP contribution in [0.1, 0.15) is 55.8 Å². The summed E-state index contributed by atoms with van der Waals surface area (Å²) in [4.78, 5) is 0.321. The third-order valence-electron chi connectivity index (χ3n) is 3.41. The molecular weight excluding hydrogens is 384 g/mol. The van der Waals surface area contributed by atoms with E-state index < -0.39 is 0 Å². The summed E-state index contributed by atoms with van der Waals surface area (Å²) in [6.07, 6.45) is 7.62. The van der Waals surface area contributed by atoms with Crippen LogP contribution in [0.15, 0.2) is 16.6 Å². The minimum Gasteiger partial charge on any atom is -0.495 e. The van der Waals surface area contributed by atoms with E-state index in [1.807, 2.05) is 6.07 Å². The van der Waals surface area contributed by atoms with Gasteiger partial charge >= 0.3 is 0 Å². The Bertz CT molecular complexity index is 408. The van der Waals surface area contributed by atoms with Crippen LogP contribution in [0.25, 0.3) is 0 Å². The summed E-state index contributed by atoms with van der Waals surface area (Å²) >= 11 is 7.34. The molecule has 0 fully saturated rings. The van der Waals surface area contributed by atoms with E-state index in [4.69, 9.17) is 9.47 Å². The van der Waals surface area contributed by atoms with Crippen LogP contribution in [0.3, 0.4) is 0 Å². The molecule has 1 rings (SSSR count). The van der Waals surface area contributed by atoms with E-state index in [1.54, 1.807) is 14.2 Å². The summed E-state index contributed by atoms with van der Waals surface area (Å²) in [5, 5.41) is 0. The SMILES string of the molecule is CCCCCCCC(Br)c1ccc(OC)c(Br)c1OC. The summed E-state index contributed by atoms with van der Waals surface area (Å²) < 4.78 is 11.7. The largest absolute Gasteiger partial charge is 0.495 e. The maximum absolute atomic E-state index is 5.53.